The number of benzene rings is 2. The number of hydrogen-bond donors (Lipinski definition) is 1. The molecule has 0 aliphatic carbocycles. The van der Waals surface area contributed by atoms with Crippen LogP contribution in [0.5, 0.6) is 0 Å². The van der Waals surface area contributed by atoms with Gasteiger partial charge in [0.15, 0.2) is 5.78 Å². The van der Waals surface area contributed by atoms with Gasteiger partial charge in [0.1, 0.15) is 5.76 Å². The van der Waals surface area contributed by atoms with Crippen molar-refractivity contribution in [2.75, 3.05) is 0 Å². The molecule has 3 aromatic rings. The Morgan fingerprint density at radius 3 is 2.03 bits per heavy atom. The van der Waals surface area contributed by atoms with Gasteiger partial charge in [0.05, 0.1) is 13.6 Å². The largest absolute Gasteiger partial charge is 0.512 e. The fourth-order valence-corrected chi connectivity index (χ4v) is 4.50. The van der Waals surface area contributed by atoms with E-state index in [1.807, 2.05) is 41.5 Å². The Kier molecular flexibility index (Phi) is 10.6. The van der Waals surface area contributed by atoms with Crippen LogP contribution >= 0.6 is 0 Å². The van der Waals surface area contributed by atoms with E-state index in [4.69, 9.17) is 4.98 Å². The Bertz CT molecular complexity index is 1220. The zero-order valence-corrected chi connectivity index (χ0v) is 27.1. The van der Waals surface area contributed by atoms with Gasteiger partial charge in [0, 0.05) is 37.0 Å². The Morgan fingerprint density at radius 2 is 1.53 bits per heavy atom. The van der Waals surface area contributed by atoms with Gasteiger partial charge in [0.2, 0.25) is 0 Å². The van der Waals surface area contributed by atoms with Gasteiger partial charge in [-0.2, -0.15) is 0 Å². The third-order valence-electron chi connectivity index (χ3n) is 5.75. The molecule has 5 heteroatoms. The summed E-state index contributed by atoms with van der Waals surface area (Å²) in [6, 6.07) is 18.7. The monoisotopic (exact) mass is 681 g/mol. The molecule has 0 amide bonds. The van der Waals surface area contributed by atoms with E-state index in [0.717, 1.165) is 22.3 Å². The molecule has 0 fully saturated rings. The molecule has 1 N–H and O–H groups in total. The molecule has 36 heavy (non-hydrogen) atoms. The van der Waals surface area contributed by atoms with Crippen molar-refractivity contribution >= 4 is 29.9 Å². The Morgan fingerprint density at radius 1 is 0.917 bits per heavy atom. The average molecular weight is 681 g/mol. The van der Waals surface area contributed by atoms with E-state index in [9.17, 15) is 9.90 Å². The number of aryl methyl sites for hydroxylation is 2. The van der Waals surface area contributed by atoms with Gasteiger partial charge in [-0.25, -0.2) is 0 Å². The first kappa shape index (κ1) is 32.0. The maximum Gasteiger partial charge on any atom is 0.164 e. The summed E-state index contributed by atoms with van der Waals surface area (Å²) in [7, 11) is -1.28. The van der Waals surface area contributed by atoms with Gasteiger partial charge < -0.3 is 5.11 Å². The summed E-state index contributed by atoms with van der Waals surface area (Å²) in [6.45, 7) is 22.4. The van der Waals surface area contributed by atoms with Gasteiger partial charge in [-0.15, -0.1) is 34.9 Å². The van der Waals surface area contributed by atoms with Gasteiger partial charge in [-0.1, -0.05) is 104 Å². The number of nitrogens with zero attached hydrogens (tertiary/aromatic N) is 1. The van der Waals surface area contributed by atoms with Crippen LogP contribution in [0, 0.1) is 30.7 Å². The third-order valence-corrected chi connectivity index (χ3v) is 7.80. The molecule has 3 nitrogen and oxygen atoms in total. The number of aliphatic hydroxyl groups is 1. The number of rotatable bonds is 3. The second-order valence-corrected chi connectivity index (χ2v) is 17.6. The van der Waals surface area contributed by atoms with E-state index < -0.39 is 13.5 Å². The molecule has 197 valence electrons. The summed E-state index contributed by atoms with van der Waals surface area (Å²) in [4.78, 5) is 16.3. The maximum absolute atomic E-state index is 11.5. The summed E-state index contributed by atoms with van der Waals surface area (Å²) >= 11 is 0. The predicted octanol–water partition coefficient (Wildman–Crippen LogP) is 7.95. The topological polar surface area (TPSA) is 50.2 Å². The zero-order valence-electron chi connectivity index (χ0n) is 23.8. The van der Waals surface area contributed by atoms with Crippen LogP contribution in [0.2, 0.25) is 19.6 Å². The van der Waals surface area contributed by atoms with Crippen molar-refractivity contribution < 1.29 is 30.0 Å². The molecule has 0 spiro atoms. The first-order valence-electron chi connectivity index (χ1n) is 12.3. The Hall–Kier alpha value is -2.07. The van der Waals surface area contributed by atoms with Crippen LogP contribution in [-0.2, 0) is 24.9 Å². The van der Waals surface area contributed by atoms with Gasteiger partial charge >= 0.3 is 0 Å². The van der Waals surface area contributed by atoms with Crippen LogP contribution in [0.25, 0.3) is 22.2 Å². The smallest absolute Gasteiger partial charge is 0.164 e. The van der Waals surface area contributed by atoms with Crippen LogP contribution in [0.1, 0.15) is 52.7 Å². The van der Waals surface area contributed by atoms with E-state index >= 15 is 0 Å². The molecule has 0 saturated heterocycles. The van der Waals surface area contributed by atoms with Crippen molar-refractivity contribution in [2.45, 2.75) is 75.0 Å². The molecule has 0 unspecified atom stereocenters. The molecular formula is C31H42IrNO2Si-. The molecule has 0 aliphatic rings. The van der Waals surface area contributed by atoms with Crippen molar-refractivity contribution in [1.82, 2.24) is 4.98 Å². The van der Waals surface area contributed by atoms with E-state index in [-0.39, 0.29) is 37.1 Å². The van der Waals surface area contributed by atoms with Crippen molar-refractivity contribution in [3.63, 3.8) is 0 Å². The molecule has 2 aromatic carbocycles. The average Bonchev–Trinajstić information content (AvgIpc) is 2.70. The van der Waals surface area contributed by atoms with Crippen LogP contribution in [-0.4, -0.2) is 23.9 Å². The second kappa shape index (κ2) is 12.0. The number of fused-ring (bicyclic) bond motifs is 1. The van der Waals surface area contributed by atoms with Crippen molar-refractivity contribution in [1.29, 1.82) is 0 Å². The minimum atomic E-state index is -1.28. The van der Waals surface area contributed by atoms with E-state index in [1.54, 1.807) is 0 Å². The number of allylic oxidation sites excluding steroid dienone is 2. The number of aliphatic hydroxyl groups excluding tert-OH is 1. The predicted molar refractivity (Wildman–Crippen MR) is 153 cm³/mol. The molecule has 0 atom stereocenters. The molecule has 0 aliphatic heterocycles. The van der Waals surface area contributed by atoms with Crippen molar-refractivity contribution in [3.8, 4) is 11.3 Å². The molecule has 0 bridgehead atoms. The minimum absolute atomic E-state index is 0. The summed E-state index contributed by atoms with van der Waals surface area (Å²) in [6.07, 6.45) is 1.33. The zero-order chi connectivity index (χ0) is 26.8. The van der Waals surface area contributed by atoms with Crippen LogP contribution in [0.15, 0.2) is 54.3 Å². The molecule has 1 heterocycles. The first-order valence-corrected chi connectivity index (χ1v) is 15.8. The Balaban J connectivity index is 0.000000402. The van der Waals surface area contributed by atoms with Crippen LogP contribution < -0.4 is 5.19 Å². The van der Waals surface area contributed by atoms with Gasteiger partial charge in [-0.3, -0.25) is 9.78 Å². The number of carbonyl (C=O) groups excluding carboxylic acids is 1. The number of carbonyl (C=O) groups is 1. The number of aromatic nitrogens is 1. The van der Waals surface area contributed by atoms with E-state index in [2.05, 4.69) is 82.0 Å². The summed E-state index contributed by atoms with van der Waals surface area (Å²) in [5.74, 6) is 0.104. The standard InChI is InChI=1S/C20H22NSi.C11H20O2.Ir/c1-14-10-15(2)12-17(11-14)20-8-6-16-13-18(22(3,4)5)7-9-19(16)21-20;1-10(2,3)8(12)7-9(13)11(4,5)6;/h6-11,13H,1-5H3;7,12H,1-6H3;/q-1;;/b;8-7-;. The number of hydrogen-bond acceptors (Lipinski definition) is 3. The molecule has 0 saturated carbocycles. The van der Waals surface area contributed by atoms with Gasteiger partial charge in [-0.05, 0) is 17.1 Å². The molecule has 1 aromatic heterocycles. The van der Waals surface area contributed by atoms with Crippen molar-refractivity contribution in [3.05, 3.63) is 71.5 Å². The van der Waals surface area contributed by atoms with Crippen LogP contribution in [0.3, 0.4) is 0 Å². The Labute approximate surface area is 232 Å². The summed E-state index contributed by atoms with van der Waals surface area (Å²) in [5.41, 5.74) is 4.79. The minimum Gasteiger partial charge on any atom is -0.512 e. The number of pyridine rings is 1. The quantitative estimate of drug-likeness (QED) is 0.132. The fourth-order valence-electron chi connectivity index (χ4n) is 3.33. The first-order chi connectivity index (χ1) is 15.9. The molecule has 1 radical (unpaired) electrons. The number of ketones is 1. The second-order valence-electron chi connectivity index (χ2n) is 12.5. The SMILES string of the molecule is CC(C)(C)C(=O)/C=C(\O)C(C)(C)C.Cc1[c-]c(-c2ccc3cc([Si](C)(C)C)ccc3n2)cc(C)c1.[Ir]. The maximum atomic E-state index is 11.5. The molecule has 3 rings (SSSR count). The van der Waals surface area contributed by atoms with Crippen molar-refractivity contribution in [2.24, 2.45) is 10.8 Å². The molecular weight excluding hydrogens is 639 g/mol. The van der Waals surface area contributed by atoms with E-state index in [1.165, 1.54) is 22.2 Å². The fraction of sp³-hybridized carbons (Fsp3) is 0.419. The normalized spacial score (nSPS) is 12.5. The van der Waals surface area contributed by atoms with Gasteiger partial charge in [0.25, 0.3) is 0 Å². The summed E-state index contributed by atoms with van der Waals surface area (Å²) < 4.78 is 0. The van der Waals surface area contributed by atoms with E-state index in [0.29, 0.717) is 0 Å². The summed E-state index contributed by atoms with van der Waals surface area (Å²) in [5, 5.41) is 12.3. The third kappa shape index (κ3) is 9.10. The van der Waals surface area contributed by atoms with Crippen LogP contribution in [0.4, 0.5) is 0 Å².